The Labute approximate surface area is 132 Å². The highest BCUT2D eigenvalue weighted by Crippen LogP contribution is 2.26. The number of hydrogen-bond acceptors (Lipinski definition) is 2. The van der Waals surface area contributed by atoms with Gasteiger partial charge in [0.05, 0.1) is 12.6 Å². The molecule has 2 rings (SSSR count). The first-order valence-corrected chi connectivity index (χ1v) is 7.42. The average Bonchev–Trinajstić information content (AvgIpc) is 2.42. The van der Waals surface area contributed by atoms with Crippen LogP contribution in [0.5, 0.6) is 0 Å². The van der Waals surface area contributed by atoms with Crippen LogP contribution in [0.1, 0.15) is 11.6 Å². The molecule has 0 bridgehead atoms. The monoisotopic (exact) mass is 387 g/mol. The van der Waals surface area contributed by atoms with E-state index in [2.05, 4.69) is 40.0 Å². The van der Waals surface area contributed by atoms with Crippen molar-refractivity contribution in [2.45, 2.75) is 6.04 Å². The zero-order valence-corrected chi connectivity index (χ0v) is 13.5. The molecule has 0 fully saturated rings. The summed E-state index contributed by atoms with van der Waals surface area (Å²) in [5.74, 6) is 0. The maximum atomic E-state index is 5.97. The molecule has 0 radical (unpaired) electrons. The van der Waals surface area contributed by atoms with Crippen molar-refractivity contribution >= 4 is 39.9 Å². The van der Waals surface area contributed by atoms with Gasteiger partial charge in [0, 0.05) is 21.4 Å². The van der Waals surface area contributed by atoms with Gasteiger partial charge in [-0.1, -0.05) is 41.9 Å². The molecule has 1 atom stereocenters. The van der Waals surface area contributed by atoms with E-state index in [9.17, 15) is 0 Å². The van der Waals surface area contributed by atoms with E-state index < -0.39 is 0 Å². The van der Waals surface area contributed by atoms with Crippen LogP contribution in [0.15, 0.2) is 48.5 Å². The molecule has 1 N–H and O–H groups in total. The van der Waals surface area contributed by atoms with Crippen molar-refractivity contribution in [1.29, 1.82) is 0 Å². The van der Waals surface area contributed by atoms with E-state index in [1.165, 1.54) is 5.56 Å². The number of nitrogens with one attached hydrogen (secondary N) is 1. The molecule has 100 valence electrons. The minimum absolute atomic E-state index is 0.126. The third-order valence-corrected chi connectivity index (χ3v) is 3.92. The van der Waals surface area contributed by atoms with E-state index in [0.29, 0.717) is 6.61 Å². The highest BCUT2D eigenvalue weighted by Gasteiger charge is 2.12. The van der Waals surface area contributed by atoms with Gasteiger partial charge in [-0.05, 0) is 46.4 Å². The molecule has 0 amide bonds. The van der Waals surface area contributed by atoms with Gasteiger partial charge in [0.2, 0.25) is 0 Å². The summed E-state index contributed by atoms with van der Waals surface area (Å²) in [6, 6.07) is 16.2. The molecule has 0 aliphatic carbocycles. The Hall–Kier alpha value is -0.780. The van der Waals surface area contributed by atoms with Crippen LogP contribution in [0.25, 0.3) is 0 Å². The Bertz CT molecular complexity index is 533. The molecule has 2 nitrogen and oxygen atoms in total. The molecule has 0 aliphatic rings. The molecule has 0 aliphatic heterocycles. The highest BCUT2D eigenvalue weighted by molar-refractivity contribution is 14.1. The van der Waals surface area contributed by atoms with Gasteiger partial charge >= 0.3 is 0 Å². The summed E-state index contributed by atoms with van der Waals surface area (Å²) >= 11 is 8.25. The first kappa shape index (κ1) is 14.6. The fraction of sp³-hybridized carbons (Fsp3) is 0.200. The molecule has 0 spiro atoms. The molecule has 19 heavy (non-hydrogen) atoms. The van der Waals surface area contributed by atoms with Crippen LogP contribution in [-0.4, -0.2) is 13.7 Å². The van der Waals surface area contributed by atoms with E-state index >= 15 is 0 Å². The lowest BCUT2D eigenvalue weighted by molar-refractivity contribution is 0.186. The van der Waals surface area contributed by atoms with E-state index in [0.717, 1.165) is 14.3 Å². The summed E-state index contributed by atoms with van der Waals surface area (Å²) in [4.78, 5) is 0. The topological polar surface area (TPSA) is 21.3 Å². The number of ether oxygens (including phenoxy) is 1. The van der Waals surface area contributed by atoms with Crippen molar-refractivity contribution in [1.82, 2.24) is 0 Å². The summed E-state index contributed by atoms with van der Waals surface area (Å²) in [5.41, 5.74) is 2.27. The lowest BCUT2D eigenvalue weighted by Crippen LogP contribution is -2.16. The van der Waals surface area contributed by atoms with Crippen molar-refractivity contribution in [3.8, 4) is 0 Å². The Kier molecular flexibility index (Phi) is 5.48. The Balaban J connectivity index is 2.21. The fourth-order valence-electron chi connectivity index (χ4n) is 1.87. The third kappa shape index (κ3) is 4.09. The average molecular weight is 388 g/mol. The first-order chi connectivity index (χ1) is 9.20. The smallest absolute Gasteiger partial charge is 0.0747 e. The molecule has 0 saturated heterocycles. The fourth-order valence-corrected chi connectivity index (χ4v) is 2.89. The molecule has 2 aromatic carbocycles. The highest BCUT2D eigenvalue weighted by atomic mass is 127. The minimum atomic E-state index is 0.126. The Morgan fingerprint density at radius 2 is 1.95 bits per heavy atom. The van der Waals surface area contributed by atoms with E-state index in [1.807, 2.05) is 36.4 Å². The predicted molar refractivity (Wildman–Crippen MR) is 88.9 cm³/mol. The normalized spacial score (nSPS) is 12.2. The third-order valence-electron chi connectivity index (χ3n) is 2.80. The SMILES string of the molecule is COCC(Nc1ccc(Cl)cc1I)c1ccccc1. The summed E-state index contributed by atoms with van der Waals surface area (Å²) in [6.07, 6.45) is 0. The number of rotatable bonds is 5. The van der Waals surface area contributed by atoms with Crippen LogP contribution < -0.4 is 5.32 Å². The molecule has 2 aromatic rings. The molecule has 1 unspecified atom stereocenters. The number of methoxy groups -OCH3 is 1. The summed E-state index contributed by atoms with van der Waals surface area (Å²) in [6.45, 7) is 0.614. The second kappa shape index (κ2) is 7.12. The number of hydrogen-bond donors (Lipinski definition) is 1. The van der Waals surface area contributed by atoms with E-state index in [-0.39, 0.29) is 6.04 Å². The summed E-state index contributed by atoms with van der Waals surface area (Å²) < 4.78 is 6.40. The molecule has 0 aromatic heterocycles. The van der Waals surface area contributed by atoms with E-state index in [4.69, 9.17) is 16.3 Å². The maximum Gasteiger partial charge on any atom is 0.0747 e. The quantitative estimate of drug-likeness (QED) is 0.748. The van der Waals surface area contributed by atoms with Crippen molar-refractivity contribution in [2.24, 2.45) is 0 Å². The van der Waals surface area contributed by atoms with Crippen molar-refractivity contribution in [3.05, 3.63) is 62.7 Å². The number of anilines is 1. The molecule has 4 heteroatoms. The molecular formula is C15H15ClINO. The van der Waals surface area contributed by atoms with Crippen LogP contribution in [0.3, 0.4) is 0 Å². The van der Waals surface area contributed by atoms with Gasteiger partial charge in [0.15, 0.2) is 0 Å². The lowest BCUT2D eigenvalue weighted by atomic mass is 10.1. The van der Waals surface area contributed by atoms with Crippen LogP contribution in [0.4, 0.5) is 5.69 Å². The van der Waals surface area contributed by atoms with Gasteiger partial charge in [-0.25, -0.2) is 0 Å². The van der Waals surface area contributed by atoms with Crippen LogP contribution in [0.2, 0.25) is 5.02 Å². The van der Waals surface area contributed by atoms with Gasteiger partial charge in [0.25, 0.3) is 0 Å². The number of halogens is 2. The standard InChI is InChI=1S/C15H15ClINO/c1-19-10-15(11-5-3-2-4-6-11)18-14-8-7-12(16)9-13(14)17/h2-9,15,18H,10H2,1H3. The minimum Gasteiger partial charge on any atom is -0.382 e. The maximum absolute atomic E-state index is 5.97. The van der Waals surface area contributed by atoms with Gasteiger partial charge < -0.3 is 10.1 Å². The van der Waals surface area contributed by atoms with Gasteiger partial charge in [-0.15, -0.1) is 0 Å². The molecule has 0 saturated carbocycles. The summed E-state index contributed by atoms with van der Waals surface area (Å²) in [7, 11) is 1.71. The second-order valence-electron chi connectivity index (χ2n) is 4.19. The van der Waals surface area contributed by atoms with E-state index in [1.54, 1.807) is 7.11 Å². The summed E-state index contributed by atoms with van der Waals surface area (Å²) in [5, 5.41) is 4.25. The Morgan fingerprint density at radius 3 is 2.58 bits per heavy atom. The van der Waals surface area contributed by atoms with Crippen molar-refractivity contribution < 1.29 is 4.74 Å². The van der Waals surface area contributed by atoms with Crippen LogP contribution >= 0.6 is 34.2 Å². The molecule has 0 heterocycles. The predicted octanol–water partition coefficient (Wildman–Crippen LogP) is 4.74. The second-order valence-corrected chi connectivity index (χ2v) is 5.79. The van der Waals surface area contributed by atoms with Crippen molar-refractivity contribution in [2.75, 3.05) is 19.0 Å². The van der Waals surface area contributed by atoms with Gasteiger partial charge in [-0.3, -0.25) is 0 Å². The van der Waals surface area contributed by atoms with Gasteiger partial charge in [-0.2, -0.15) is 0 Å². The zero-order chi connectivity index (χ0) is 13.7. The Morgan fingerprint density at radius 1 is 1.21 bits per heavy atom. The van der Waals surface area contributed by atoms with Crippen LogP contribution in [-0.2, 0) is 4.74 Å². The van der Waals surface area contributed by atoms with Crippen LogP contribution in [0, 0.1) is 3.57 Å². The zero-order valence-electron chi connectivity index (χ0n) is 10.6. The lowest BCUT2D eigenvalue weighted by Gasteiger charge is -2.20. The first-order valence-electron chi connectivity index (χ1n) is 5.96. The number of benzene rings is 2. The molecular weight excluding hydrogens is 373 g/mol. The van der Waals surface area contributed by atoms with Gasteiger partial charge in [0.1, 0.15) is 0 Å². The largest absolute Gasteiger partial charge is 0.382 e. The van der Waals surface area contributed by atoms with Crippen molar-refractivity contribution in [3.63, 3.8) is 0 Å².